The Hall–Kier alpha value is -1.10. The first-order valence-corrected chi connectivity index (χ1v) is 6.17. The standard InChI is InChI=1S/C12H24N2O3/c1-4-12(5-2,11(16)17)9-14-10(15)7-6-8-13-3/h13H,4-9H2,1-3H3,(H,14,15)(H,16,17). The molecule has 0 saturated carbocycles. The fourth-order valence-electron chi connectivity index (χ4n) is 1.66. The Bertz CT molecular complexity index is 250. The molecule has 5 heteroatoms. The molecule has 100 valence electrons. The summed E-state index contributed by atoms with van der Waals surface area (Å²) < 4.78 is 0. The van der Waals surface area contributed by atoms with Crippen molar-refractivity contribution in [3.63, 3.8) is 0 Å². The van der Waals surface area contributed by atoms with Gasteiger partial charge in [-0.2, -0.15) is 0 Å². The van der Waals surface area contributed by atoms with Crippen molar-refractivity contribution in [3.8, 4) is 0 Å². The first-order chi connectivity index (χ1) is 8.02. The molecular formula is C12H24N2O3. The zero-order valence-electron chi connectivity index (χ0n) is 11.0. The Kier molecular flexibility index (Phi) is 7.54. The summed E-state index contributed by atoms with van der Waals surface area (Å²) in [6.45, 7) is 4.68. The number of carbonyl (C=O) groups excluding carboxylic acids is 1. The molecule has 0 aliphatic heterocycles. The number of hydrogen-bond acceptors (Lipinski definition) is 3. The second-order valence-corrected chi connectivity index (χ2v) is 4.28. The fourth-order valence-corrected chi connectivity index (χ4v) is 1.66. The van der Waals surface area contributed by atoms with Gasteiger partial charge in [0.25, 0.3) is 0 Å². The van der Waals surface area contributed by atoms with Gasteiger partial charge < -0.3 is 15.7 Å². The number of nitrogens with one attached hydrogen (secondary N) is 2. The van der Waals surface area contributed by atoms with Crippen LogP contribution in [0.5, 0.6) is 0 Å². The van der Waals surface area contributed by atoms with Gasteiger partial charge in [0.1, 0.15) is 0 Å². The van der Waals surface area contributed by atoms with Gasteiger partial charge in [0.05, 0.1) is 5.41 Å². The number of rotatable bonds is 9. The van der Waals surface area contributed by atoms with Gasteiger partial charge in [0, 0.05) is 13.0 Å². The van der Waals surface area contributed by atoms with Crippen molar-refractivity contribution in [2.45, 2.75) is 39.5 Å². The molecule has 0 aliphatic carbocycles. The predicted octanol–water partition coefficient (Wildman–Crippen LogP) is 0.993. The Morgan fingerprint density at radius 1 is 1.24 bits per heavy atom. The summed E-state index contributed by atoms with van der Waals surface area (Å²) in [5.41, 5.74) is -0.821. The zero-order chi connectivity index (χ0) is 13.3. The van der Waals surface area contributed by atoms with E-state index in [0.717, 1.165) is 13.0 Å². The highest BCUT2D eigenvalue weighted by Gasteiger charge is 2.34. The zero-order valence-corrected chi connectivity index (χ0v) is 11.0. The van der Waals surface area contributed by atoms with Crippen LogP contribution in [0.3, 0.4) is 0 Å². The van der Waals surface area contributed by atoms with E-state index in [1.54, 1.807) is 0 Å². The van der Waals surface area contributed by atoms with Gasteiger partial charge in [-0.3, -0.25) is 9.59 Å². The van der Waals surface area contributed by atoms with E-state index in [1.165, 1.54) is 0 Å². The Balaban J connectivity index is 4.13. The van der Waals surface area contributed by atoms with Crippen LogP contribution in [0.1, 0.15) is 39.5 Å². The van der Waals surface area contributed by atoms with Gasteiger partial charge in [-0.05, 0) is 32.9 Å². The molecule has 0 bridgehead atoms. The normalized spacial score (nSPS) is 11.2. The van der Waals surface area contributed by atoms with Crippen LogP contribution in [0.2, 0.25) is 0 Å². The number of aliphatic carboxylic acids is 1. The minimum absolute atomic E-state index is 0.0761. The van der Waals surface area contributed by atoms with Gasteiger partial charge in [0.15, 0.2) is 0 Å². The smallest absolute Gasteiger partial charge is 0.311 e. The molecular weight excluding hydrogens is 220 g/mol. The summed E-state index contributed by atoms with van der Waals surface area (Å²) in [6, 6.07) is 0. The lowest BCUT2D eigenvalue weighted by molar-refractivity contribution is -0.149. The van der Waals surface area contributed by atoms with E-state index in [9.17, 15) is 14.7 Å². The van der Waals surface area contributed by atoms with Gasteiger partial charge in [-0.15, -0.1) is 0 Å². The third-order valence-corrected chi connectivity index (χ3v) is 3.26. The third kappa shape index (κ3) is 5.17. The van der Waals surface area contributed by atoms with Crippen molar-refractivity contribution >= 4 is 11.9 Å². The maximum absolute atomic E-state index is 11.5. The summed E-state index contributed by atoms with van der Waals surface area (Å²) in [5, 5.41) is 14.9. The second kappa shape index (κ2) is 8.06. The Morgan fingerprint density at radius 3 is 2.24 bits per heavy atom. The highest BCUT2D eigenvalue weighted by Crippen LogP contribution is 2.25. The summed E-state index contributed by atoms with van der Waals surface area (Å²) in [4.78, 5) is 22.7. The number of carboxylic acids is 1. The summed E-state index contributed by atoms with van der Waals surface area (Å²) in [6.07, 6.45) is 2.25. The lowest BCUT2D eigenvalue weighted by atomic mass is 9.82. The molecule has 0 spiro atoms. The lowest BCUT2D eigenvalue weighted by Gasteiger charge is -2.26. The molecule has 0 atom stereocenters. The van der Waals surface area contributed by atoms with E-state index >= 15 is 0 Å². The number of hydrogen-bond donors (Lipinski definition) is 3. The van der Waals surface area contributed by atoms with Crippen LogP contribution >= 0.6 is 0 Å². The molecule has 0 aromatic heterocycles. The third-order valence-electron chi connectivity index (χ3n) is 3.26. The molecule has 0 rings (SSSR count). The lowest BCUT2D eigenvalue weighted by Crippen LogP contribution is -2.42. The highest BCUT2D eigenvalue weighted by atomic mass is 16.4. The van der Waals surface area contributed by atoms with E-state index in [0.29, 0.717) is 19.3 Å². The fraction of sp³-hybridized carbons (Fsp3) is 0.833. The van der Waals surface area contributed by atoms with Crippen LogP contribution < -0.4 is 10.6 Å². The molecule has 0 aromatic carbocycles. The Labute approximate surface area is 103 Å². The molecule has 0 radical (unpaired) electrons. The average molecular weight is 244 g/mol. The predicted molar refractivity (Wildman–Crippen MR) is 66.8 cm³/mol. The minimum Gasteiger partial charge on any atom is -0.481 e. The van der Waals surface area contributed by atoms with Crippen molar-refractivity contribution in [2.24, 2.45) is 5.41 Å². The van der Waals surface area contributed by atoms with E-state index in [2.05, 4.69) is 10.6 Å². The van der Waals surface area contributed by atoms with Gasteiger partial charge in [-0.25, -0.2) is 0 Å². The molecule has 0 aromatic rings. The summed E-state index contributed by atoms with van der Waals surface area (Å²) >= 11 is 0. The largest absolute Gasteiger partial charge is 0.481 e. The topological polar surface area (TPSA) is 78.4 Å². The number of carboxylic acid groups (broad SMARTS) is 1. The quantitative estimate of drug-likeness (QED) is 0.529. The van der Waals surface area contributed by atoms with Crippen LogP contribution in [0, 0.1) is 5.41 Å². The first-order valence-electron chi connectivity index (χ1n) is 6.17. The number of amides is 1. The molecule has 0 saturated heterocycles. The minimum atomic E-state index is -0.835. The van der Waals surface area contributed by atoms with Crippen LogP contribution in [-0.4, -0.2) is 37.1 Å². The van der Waals surface area contributed by atoms with Gasteiger partial charge in [-0.1, -0.05) is 13.8 Å². The van der Waals surface area contributed by atoms with Crippen LogP contribution in [0.15, 0.2) is 0 Å². The van der Waals surface area contributed by atoms with Crippen molar-refractivity contribution in [2.75, 3.05) is 20.1 Å². The molecule has 3 N–H and O–H groups in total. The van der Waals surface area contributed by atoms with Crippen molar-refractivity contribution in [1.29, 1.82) is 0 Å². The molecule has 0 unspecified atom stereocenters. The van der Waals surface area contributed by atoms with Crippen LogP contribution in [0.4, 0.5) is 0 Å². The average Bonchev–Trinajstić information content (AvgIpc) is 2.31. The van der Waals surface area contributed by atoms with E-state index in [1.807, 2.05) is 20.9 Å². The molecule has 1 amide bonds. The van der Waals surface area contributed by atoms with E-state index in [-0.39, 0.29) is 12.5 Å². The molecule has 0 aliphatic rings. The highest BCUT2D eigenvalue weighted by molar-refractivity contribution is 5.79. The summed E-state index contributed by atoms with van der Waals surface area (Å²) in [7, 11) is 1.83. The van der Waals surface area contributed by atoms with E-state index < -0.39 is 11.4 Å². The SMILES string of the molecule is CCC(CC)(CNC(=O)CCCNC)C(=O)O. The number of carbonyl (C=O) groups is 2. The van der Waals surface area contributed by atoms with Crippen molar-refractivity contribution in [3.05, 3.63) is 0 Å². The van der Waals surface area contributed by atoms with E-state index in [4.69, 9.17) is 0 Å². The van der Waals surface area contributed by atoms with Gasteiger partial charge >= 0.3 is 5.97 Å². The van der Waals surface area contributed by atoms with Gasteiger partial charge in [0.2, 0.25) is 5.91 Å². The molecule has 0 heterocycles. The second-order valence-electron chi connectivity index (χ2n) is 4.28. The molecule has 17 heavy (non-hydrogen) atoms. The Morgan fingerprint density at radius 2 is 1.82 bits per heavy atom. The molecule has 0 fully saturated rings. The maximum Gasteiger partial charge on any atom is 0.311 e. The maximum atomic E-state index is 11.5. The van der Waals surface area contributed by atoms with Crippen LogP contribution in [0.25, 0.3) is 0 Å². The first kappa shape index (κ1) is 15.9. The van der Waals surface area contributed by atoms with Crippen molar-refractivity contribution < 1.29 is 14.7 Å². The molecule has 5 nitrogen and oxygen atoms in total. The summed E-state index contributed by atoms with van der Waals surface area (Å²) in [5.74, 6) is -0.911. The van der Waals surface area contributed by atoms with Crippen LogP contribution in [-0.2, 0) is 9.59 Å². The monoisotopic (exact) mass is 244 g/mol. The van der Waals surface area contributed by atoms with Crippen molar-refractivity contribution in [1.82, 2.24) is 10.6 Å².